The van der Waals surface area contributed by atoms with Gasteiger partial charge in [0, 0.05) is 11.3 Å². The number of hydrogen-bond donors (Lipinski definition) is 1. The second-order valence-corrected chi connectivity index (χ2v) is 4.76. The van der Waals surface area contributed by atoms with Crippen molar-refractivity contribution in [3.05, 3.63) is 53.5 Å². The van der Waals surface area contributed by atoms with Crippen LogP contribution >= 0.6 is 0 Å². The largest absolute Gasteiger partial charge is 0.472 e. The number of fused-ring (bicyclic) bond motifs is 1. The maximum absolute atomic E-state index is 5.11. The number of hydrogen-bond acceptors (Lipinski definition) is 2. The van der Waals surface area contributed by atoms with Gasteiger partial charge in [-0.1, -0.05) is 6.07 Å². The van der Waals surface area contributed by atoms with Gasteiger partial charge in [0.2, 0.25) is 0 Å². The number of anilines is 1. The van der Waals surface area contributed by atoms with Gasteiger partial charge in [-0.05, 0) is 55.5 Å². The van der Waals surface area contributed by atoms with Gasteiger partial charge in [-0.15, -0.1) is 0 Å². The van der Waals surface area contributed by atoms with Crippen molar-refractivity contribution in [2.45, 2.75) is 32.2 Å². The molecule has 0 saturated carbocycles. The van der Waals surface area contributed by atoms with Crippen molar-refractivity contribution in [3.8, 4) is 0 Å². The highest BCUT2D eigenvalue weighted by molar-refractivity contribution is 5.51. The van der Waals surface area contributed by atoms with Crippen LogP contribution in [0, 0.1) is 0 Å². The van der Waals surface area contributed by atoms with Crippen molar-refractivity contribution in [1.29, 1.82) is 0 Å². The van der Waals surface area contributed by atoms with E-state index in [0.717, 1.165) is 0 Å². The third kappa shape index (κ3) is 2.07. The third-order valence-electron chi connectivity index (χ3n) is 3.52. The summed E-state index contributed by atoms with van der Waals surface area (Å²) in [5.74, 6) is 0. The fourth-order valence-corrected chi connectivity index (χ4v) is 2.52. The first-order chi connectivity index (χ1) is 8.33. The minimum absolute atomic E-state index is 0.285. The topological polar surface area (TPSA) is 25.2 Å². The number of benzene rings is 1. The summed E-state index contributed by atoms with van der Waals surface area (Å²) in [5.41, 5.74) is 5.42. The molecule has 0 amide bonds. The van der Waals surface area contributed by atoms with Crippen molar-refractivity contribution >= 4 is 5.69 Å². The van der Waals surface area contributed by atoms with E-state index >= 15 is 0 Å². The van der Waals surface area contributed by atoms with Crippen molar-refractivity contribution in [1.82, 2.24) is 0 Å². The molecule has 1 aliphatic rings. The molecule has 17 heavy (non-hydrogen) atoms. The van der Waals surface area contributed by atoms with Gasteiger partial charge in [0.1, 0.15) is 0 Å². The Morgan fingerprint density at radius 3 is 2.88 bits per heavy atom. The standard InChI is InChI=1S/C15H17NO/c1-11(14-7-8-17-10-14)16-15-6-5-12-3-2-4-13(12)9-15/h5-11,16H,2-4H2,1H3. The molecular formula is C15H17NO. The van der Waals surface area contributed by atoms with E-state index in [1.54, 1.807) is 12.5 Å². The number of rotatable bonds is 3. The summed E-state index contributed by atoms with van der Waals surface area (Å²) in [6.45, 7) is 2.15. The van der Waals surface area contributed by atoms with Gasteiger partial charge >= 0.3 is 0 Å². The fourth-order valence-electron chi connectivity index (χ4n) is 2.52. The van der Waals surface area contributed by atoms with Crippen LogP contribution in [0.3, 0.4) is 0 Å². The molecule has 1 N–H and O–H groups in total. The molecule has 1 heterocycles. The van der Waals surface area contributed by atoms with Crippen LogP contribution in [-0.4, -0.2) is 0 Å². The lowest BCUT2D eigenvalue weighted by molar-refractivity contribution is 0.562. The lowest BCUT2D eigenvalue weighted by Crippen LogP contribution is -2.05. The minimum Gasteiger partial charge on any atom is -0.472 e. The van der Waals surface area contributed by atoms with Gasteiger partial charge in [0.15, 0.2) is 0 Å². The van der Waals surface area contributed by atoms with Gasteiger partial charge in [-0.3, -0.25) is 0 Å². The molecule has 0 spiro atoms. The Morgan fingerprint density at radius 2 is 2.06 bits per heavy atom. The normalized spacial score (nSPS) is 15.6. The summed E-state index contributed by atoms with van der Waals surface area (Å²) in [6.07, 6.45) is 7.29. The Bertz CT molecular complexity index is 502. The Hall–Kier alpha value is -1.70. The first kappa shape index (κ1) is 10.5. The second kappa shape index (κ2) is 4.28. The first-order valence-electron chi connectivity index (χ1n) is 6.23. The molecule has 0 aliphatic heterocycles. The third-order valence-corrected chi connectivity index (χ3v) is 3.52. The van der Waals surface area contributed by atoms with E-state index in [2.05, 4.69) is 30.4 Å². The molecule has 1 aromatic carbocycles. The molecule has 2 heteroatoms. The van der Waals surface area contributed by atoms with Crippen molar-refractivity contribution in [2.24, 2.45) is 0 Å². The van der Waals surface area contributed by atoms with E-state index in [4.69, 9.17) is 4.42 Å². The molecule has 3 rings (SSSR count). The second-order valence-electron chi connectivity index (χ2n) is 4.76. The number of furan rings is 1. The SMILES string of the molecule is CC(Nc1ccc2c(c1)CCC2)c1ccoc1. The predicted octanol–water partition coefficient (Wildman–Crippen LogP) is 3.94. The molecule has 1 unspecified atom stereocenters. The molecule has 0 fully saturated rings. The van der Waals surface area contributed by atoms with Crippen LogP contribution in [0.25, 0.3) is 0 Å². The quantitative estimate of drug-likeness (QED) is 0.859. The van der Waals surface area contributed by atoms with Gasteiger partial charge in [-0.2, -0.15) is 0 Å². The van der Waals surface area contributed by atoms with Crippen LogP contribution in [0.5, 0.6) is 0 Å². The van der Waals surface area contributed by atoms with Crippen LogP contribution in [-0.2, 0) is 12.8 Å². The average Bonchev–Trinajstić information content (AvgIpc) is 2.99. The average molecular weight is 227 g/mol. The van der Waals surface area contributed by atoms with Gasteiger partial charge in [0.25, 0.3) is 0 Å². The van der Waals surface area contributed by atoms with Crippen molar-refractivity contribution in [3.63, 3.8) is 0 Å². The van der Waals surface area contributed by atoms with E-state index in [1.165, 1.54) is 41.6 Å². The highest BCUT2D eigenvalue weighted by Gasteiger charge is 2.12. The maximum Gasteiger partial charge on any atom is 0.0955 e. The summed E-state index contributed by atoms with van der Waals surface area (Å²) >= 11 is 0. The molecular weight excluding hydrogens is 210 g/mol. The Kier molecular flexibility index (Phi) is 2.63. The van der Waals surface area contributed by atoms with Gasteiger partial charge in [0.05, 0.1) is 18.6 Å². The van der Waals surface area contributed by atoms with E-state index in [1.807, 2.05) is 6.07 Å². The minimum atomic E-state index is 0.285. The lowest BCUT2D eigenvalue weighted by Gasteiger charge is -2.14. The summed E-state index contributed by atoms with van der Waals surface area (Å²) < 4.78 is 5.11. The summed E-state index contributed by atoms with van der Waals surface area (Å²) in [4.78, 5) is 0. The summed E-state index contributed by atoms with van der Waals surface area (Å²) in [5, 5.41) is 3.51. The van der Waals surface area contributed by atoms with Crippen molar-refractivity contribution in [2.75, 3.05) is 5.32 Å². The van der Waals surface area contributed by atoms with Crippen LogP contribution in [0.15, 0.2) is 41.2 Å². The molecule has 1 atom stereocenters. The van der Waals surface area contributed by atoms with Crippen molar-refractivity contribution < 1.29 is 4.42 Å². The van der Waals surface area contributed by atoms with E-state index in [9.17, 15) is 0 Å². The van der Waals surface area contributed by atoms with Gasteiger partial charge in [-0.25, -0.2) is 0 Å². The summed E-state index contributed by atoms with van der Waals surface area (Å²) in [6, 6.07) is 9.02. The number of nitrogens with one attached hydrogen (secondary N) is 1. The highest BCUT2D eigenvalue weighted by Crippen LogP contribution is 2.27. The Labute approximate surface area is 102 Å². The Balaban J connectivity index is 1.77. The van der Waals surface area contributed by atoms with Crippen LogP contribution in [0.1, 0.15) is 36.1 Å². The van der Waals surface area contributed by atoms with Crippen LogP contribution in [0.4, 0.5) is 5.69 Å². The molecule has 0 saturated heterocycles. The predicted molar refractivity (Wildman–Crippen MR) is 69.2 cm³/mol. The Morgan fingerprint density at radius 1 is 1.18 bits per heavy atom. The van der Waals surface area contributed by atoms with E-state index in [-0.39, 0.29) is 6.04 Å². The van der Waals surface area contributed by atoms with Crippen LogP contribution in [0.2, 0.25) is 0 Å². The molecule has 2 nitrogen and oxygen atoms in total. The summed E-state index contributed by atoms with van der Waals surface area (Å²) in [7, 11) is 0. The first-order valence-corrected chi connectivity index (χ1v) is 6.23. The zero-order valence-corrected chi connectivity index (χ0v) is 10.1. The maximum atomic E-state index is 5.11. The van der Waals surface area contributed by atoms with E-state index < -0.39 is 0 Å². The van der Waals surface area contributed by atoms with Gasteiger partial charge < -0.3 is 9.73 Å². The fraction of sp³-hybridized carbons (Fsp3) is 0.333. The highest BCUT2D eigenvalue weighted by atomic mass is 16.3. The number of aryl methyl sites for hydroxylation is 2. The zero-order chi connectivity index (χ0) is 11.7. The molecule has 1 aliphatic carbocycles. The smallest absolute Gasteiger partial charge is 0.0955 e. The molecule has 88 valence electrons. The van der Waals surface area contributed by atoms with E-state index in [0.29, 0.717) is 0 Å². The molecule has 0 bridgehead atoms. The monoisotopic (exact) mass is 227 g/mol. The molecule has 2 aromatic rings. The van der Waals surface area contributed by atoms with Crippen LogP contribution < -0.4 is 5.32 Å². The molecule has 0 radical (unpaired) electrons. The lowest BCUT2D eigenvalue weighted by atomic mass is 10.1. The molecule has 1 aromatic heterocycles. The zero-order valence-electron chi connectivity index (χ0n) is 10.1.